The molecule has 0 aromatic carbocycles. The van der Waals surface area contributed by atoms with Gasteiger partial charge in [0.2, 0.25) is 0 Å². The van der Waals surface area contributed by atoms with Gasteiger partial charge in [-0.25, -0.2) is 0 Å². The molecule has 0 spiro atoms. The summed E-state index contributed by atoms with van der Waals surface area (Å²) in [4.78, 5) is 21.0. The zero-order valence-corrected chi connectivity index (χ0v) is 15.3. The van der Waals surface area contributed by atoms with Crippen molar-refractivity contribution in [2.24, 2.45) is 0 Å². The van der Waals surface area contributed by atoms with Gasteiger partial charge in [-0.15, -0.1) is 11.5 Å². The van der Waals surface area contributed by atoms with Crippen LogP contribution in [0.2, 0.25) is 0 Å². The molecule has 0 radical (unpaired) electrons. The second kappa shape index (κ2) is 15.1. The summed E-state index contributed by atoms with van der Waals surface area (Å²) < 4.78 is 0. The molecule has 0 rings (SSSR count). The maximum Gasteiger partial charge on any atom is 2.00 e. The zero-order valence-electron chi connectivity index (χ0n) is 12.3. The summed E-state index contributed by atoms with van der Waals surface area (Å²) in [6, 6.07) is 0. The zero-order chi connectivity index (χ0) is 14.6. The predicted molar refractivity (Wildman–Crippen MR) is 67.3 cm³/mol. The Balaban J connectivity index is -0.000000256. The van der Waals surface area contributed by atoms with Gasteiger partial charge in [-0.05, 0) is 25.0 Å². The number of ketones is 2. The molecule has 0 saturated carbocycles. The molecule has 5 heteroatoms. The molecule has 0 bridgehead atoms. The Morgan fingerprint density at radius 3 is 1.16 bits per heavy atom. The van der Waals surface area contributed by atoms with Crippen LogP contribution in [0.5, 0.6) is 0 Å². The van der Waals surface area contributed by atoms with Gasteiger partial charge in [0.05, 0.1) is 0 Å². The van der Waals surface area contributed by atoms with E-state index >= 15 is 0 Å². The molecule has 0 saturated heterocycles. The van der Waals surface area contributed by atoms with Gasteiger partial charge in [0.25, 0.3) is 0 Å². The Morgan fingerprint density at radius 1 is 0.737 bits per heavy atom. The molecule has 0 N–H and O–H groups in total. The van der Waals surface area contributed by atoms with E-state index in [2.05, 4.69) is 0 Å². The third-order valence-corrected chi connectivity index (χ3v) is 2.04. The Labute approximate surface area is 128 Å². The Morgan fingerprint density at radius 2 is 1.00 bits per heavy atom. The van der Waals surface area contributed by atoms with Gasteiger partial charge in [0.15, 0.2) is 11.6 Å². The van der Waals surface area contributed by atoms with Gasteiger partial charge in [-0.3, -0.25) is 9.59 Å². The molecular weight excluding hydrogens is 298 g/mol. The summed E-state index contributed by atoms with van der Waals surface area (Å²) in [6.07, 6.45) is 4.02. The maximum absolute atomic E-state index is 10.5. The smallest absolute Gasteiger partial charge is 0.875 e. The normalized spacial score (nSPS) is 10.9. The molecule has 4 nitrogen and oxygen atoms in total. The van der Waals surface area contributed by atoms with Crippen molar-refractivity contribution in [2.75, 3.05) is 0 Å². The van der Waals surface area contributed by atoms with Crippen molar-refractivity contribution in [3.8, 4) is 0 Å². The fraction of sp³-hybridized carbons (Fsp3) is 0.571. The molecular formula is C14H22O4Zn. The molecule has 0 atom stereocenters. The van der Waals surface area contributed by atoms with Crippen molar-refractivity contribution < 1.29 is 39.3 Å². The van der Waals surface area contributed by atoms with Crippen LogP contribution in [0, 0.1) is 0 Å². The van der Waals surface area contributed by atoms with Crippen molar-refractivity contribution in [1.29, 1.82) is 0 Å². The van der Waals surface area contributed by atoms with Crippen LogP contribution < -0.4 is 10.2 Å². The summed E-state index contributed by atoms with van der Waals surface area (Å²) >= 11 is 0. The molecule has 0 amide bonds. The van der Waals surface area contributed by atoms with Gasteiger partial charge < -0.3 is 10.2 Å². The summed E-state index contributed by atoms with van der Waals surface area (Å²) in [5.41, 5.74) is 0. The quantitative estimate of drug-likeness (QED) is 0.419. The first-order chi connectivity index (χ1) is 8.40. The second-order valence-corrected chi connectivity index (χ2v) is 3.57. The van der Waals surface area contributed by atoms with Crippen LogP contribution in [0.25, 0.3) is 0 Å². The number of rotatable bonds is 6. The topological polar surface area (TPSA) is 80.3 Å². The molecule has 0 fully saturated rings. The van der Waals surface area contributed by atoms with E-state index in [0.717, 1.165) is 0 Å². The van der Waals surface area contributed by atoms with Crippen molar-refractivity contribution in [1.82, 2.24) is 0 Å². The number of allylic oxidation sites excluding steroid dienone is 4. The molecule has 104 valence electrons. The van der Waals surface area contributed by atoms with Gasteiger partial charge in [-0.1, -0.05) is 27.7 Å². The van der Waals surface area contributed by atoms with Gasteiger partial charge in [-0.2, -0.15) is 0 Å². The van der Waals surface area contributed by atoms with Crippen molar-refractivity contribution >= 4 is 11.6 Å². The van der Waals surface area contributed by atoms with E-state index < -0.39 is 0 Å². The summed E-state index contributed by atoms with van der Waals surface area (Å²) in [6.45, 7) is 6.95. The number of carbonyl (C=O) groups excluding carboxylic acids is 2. The minimum absolute atomic E-state index is 0. The first-order valence-corrected chi connectivity index (χ1v) is 6.21. The van der Waals surface area contributed by atoms with E-state index in [9.17, 15) is 19.8 Å². The standard InChI is InChI=1S/2C7H12O2.Zn/c2*1-3-6(8)5-7(9)4-2;/h2*5,8H,3-4H2,1-2H3;/q;;+2/p-2/b2*6-5-;. The summed E-state index contributed by atoms with van der Waals surface area (Å²) in [5, 5.41) is 21.0. The third kappa shape index (κ3) is 17.0. The fourth-order valence-corrected chi connectivity index (χ4v) is 0.767. The molecule has 19 heavy (non-hydrogen) atoms. The SMILES string of the molecule is CCC(=O)/C=C(\[O-])CC.CCC(=O)/C=C(\[O-])CC.[Zn+2]. The first-order valence-electron chi connectivity index (χ1n) is 6.21. The minimum atomic E-state index is -0.0816. The van der Waals surface area contributed by atoms with Crippen LogP contribution in [-0.2, 0) is 29.1 Å². The molecule has 0 unspecified atom stereocenters. The maximum atomic E-state index is 10.5. The van der Waals surface area contributed by atoms with E-state index in [4.69, 9.17) is 0 Å². The van der Waals surface area contributed by atoms with Crippen LogP contribution in [0.4, 0.5) is 0 Å². The van der Waals surface area contributed by atoms with Crippen LogP contribution in [-0.4, -0.2) is 11.6 Å². The molecule has 0 heterocycles. The molecule has 0 aromatic rings. The van der Waals surface area contributed by atoms with Crippen LogP contribution >= 0.6 is 0 Å². The van der Waals surface area contributed by atoms with Crippen LogP contribution in [0.15, 0.2) is 23.7 Å². The number of hydrogen-bond donors (Lipinski definition) is 0. The van der Waals surface area contributed by atoms with Crippen LogP contribution in [0.3, 0.4) is 0 Å². The second-order valence-electron chi connectivity index (χ2n) is 3.57. The van der Waals surface area contributed by atoms with Crippen molar-refractivity contribution in [3.63, 3.8) is 0 Å². The van der Waals surface area contributed by atoms with Crippen molar-refractivity contribution in [3.05, 3.63) is 23.7 Å². The Bertz CT molecular complexity index is 287. The first kappa shape index (κ1) is 23.2. The van der Waals surface area contributed by atoms with Gasteiger partial charge >= 0.3 is 19.5 Å². The van der Waals surface area contributed by atoms with E-state index in [1.54, 1.807) is 27.7 Å². The van der Waals surface area contributed by atoms with E-state index in [-0.39, 0.29) is 42.6 Å². The van der Waals surface area contributed by atoms with Gasteiger partial charge in [0, 0.05) is 12.8 Å². The number of hydrogen-bond acceptors (Lipinski definition) is 4. The predicted octanol–water partition coefficient (Wildman–Crippen LogP) is 1.24. The van der Waals surface area contributed by atoms with Crippen LogP contribution in [0.1, 0.15) is 53.4 Å². The molecule has 0 aromatic heterocycles. The molecule has 0 aliphatic carbocycles. The van der Waals surface area contributed by atoms with E-state index in [1.807, 2.05) is 0 Å². The molecule has 0 aliphatic heterocycles. The monoisotopic (exact) mass is 318 g/mol. The van der Waals surface area contributed by atoms with E-state index in [0.29, 0.717) is 25.7 Å². The summed E-state index contributed by atoms with van der Waals surface area (Å²) in [5.74, 6) is -0.326. The van der Waals surface area contributed by atoms with Gasteiger partial charge in [0.1, 0.15) is 0 Å². The average Bonchev–Trinajstić information content (AvgIpc) is 2.38. The summed E-state index contributed by atoms with van der Waals surface area (Å²) in [7, 11) is 0. The average molecular weight is 320 g/mol. The van der Waals surface area contributed by atoms with E-state index in [1.165, 1.54) is 12.2 Å². The third-order valence-electron chi connectivity index (χ3n) is 2.04. The Hall–Kier alpha value is -0.957. The molecule has 0 aliphatic rings. The van der Waals surface area contributed by atoms with Crippen molar-refractivity contribution in [2.45, 2.75) is 53.4 Å². The fourth-order valence-electron chi connectivity index (χ4n) is 0.767. The Kier molecular flexibility index (Phi) is 18.4. The largest absolute Gasteiger partial charge is 2.00 e. The minimum Gasteiger partial charge on any atom is -0.875 e. The number of carbonyl (C=O) groups is 2.